The fourth-order valence-corrected chi connectivity index (χ4v) is 1.95. The van der Waals surface area contributed by atoms with Crippen LogP contribution in [0, 0.1) is 6.92 Å². The Hall–Kier alpha value is -1.00. The molecule has 1 aromatic rings. The second kappa shape index (κ2) is 6.67. The molecule has 1 rings (SSSR count). The van der Waals surface area contributed by atoms with Gasteiger partial charge in [-0.2, -0.15) is 0 Å². The van der Waals surface area contributed by atoms with E-state index in [0.717, 1.165) is 36.5 Å². The third kappa shape index (κ3) is 4.06. The molecule has 0 saturated heterocycles. The van der Waals surface area contributed by atoms with Gasteiger partial charge in [-0.05, 0) is 38.7 Å². The Morgan fingerprint density at radius 3 is 2.47 bits per heavy atom. The van der Waals surface area contributed by atoms with Gasteiger partial charge in [0.15, 0.2) is 0 Å². The van der Waals surface area contributed by atoms with Crippen LogP contribution in [-0.4, -0.2) is 23.1 Å². The molecule has 0 radical (unpaired) electrons. The molecule has 96 valence electrons. The number of nitrogens with zero attached hydrogens (tertiary/aromatic N) is 2. The molecule has 0 amide bonds. The molecule has 0 aliphatic rings. The van der Waals surface area contributed by atoms with Crippen LogP contribution in [0.15, 0.2) is 0 Å². The highest BCUT2D eigenvalue weighted by molar-refractivity contribution is 5.26. The lowest BCUT2D eigenvalue weighted by Crippen LogP contribution is -2.17. The molecule has 0 bridgehead atoms. The van der Waals surface area contributed by atoms with Crippen LogP contribution in [0.3, 0.4) is 0 Å². The summed E-state index contributed by atoms with van der Waals surface area (Å²) in [6.07, 6.45) is 2.81. The van der Waals surface area contributed by atoms with Crippen molar-refractivity contribution in [3.63, 3.8) is 0 Å². The normalized spacial score (nSPS) is 12.8. The zero-order chi connectivity index (χ0) is 12.8. The van der Waals surface area contributed by atoms with Crippen LogP contribution < -0.4 is 5.73 Å². The molecule has 1 heterocycles. The molecule has 0 saturated carbocycles. The van der Waals surface area contributed by atoms with E-state index < -0.39 is 0 Å². The van der Waals surface area contributed by atoms with Gasteiger partial charge < -0.3 is 10.5 Å². The second-order valence-electron chi connectivity index (χ2n) is 4.45. The van der Waals surface area contributed by atoms with E-state index in [-0.39, 0.29) is 6.04 Å². The molecule has 0 aliphatic heterocycles. The number of hydrogen-bond acceptors (Lipinski definition) is 4. The molecule has 1 aromatic heterocycles. The van der Waals surface area contributed by atoms with Gasteiger partial charge in [-0.3, -0.25) is 0 Å². The smallest absolute Gasteiger partial charge is 0.125 e. The summed E-state index contributed by atoms with van der Waals surface area (Å²) >= 11 is 0. The highest BCUT2D eigenvalue weighted by Crippen LogP contribution is 2.15. The van der Waals surface area contributed by atoms with E-state index in [1.54, 1.807) is 7.11 Å². The molecule has 0 aliphatic carbocycles. The first-order valence-corrected chi connectivity index (χ1v) is 6.18. The predicted molar refractivity (Wildman–Crippen MR) is 68.8 cm³/mol. The summed E-state index contributed by atoms with van der Waals surface area (Å²) in [5.74, 6) is 0.814. The highest BCUT2D eigenvalue weighted by Gasteiger charge is 2.11. The van der Waals surface area contributed by atoms with E-state index in [1.807, 2.05) is 13.8 Å². The monoisotopic (exact) mass is 237 g/mol. The second-order valence-corrected chi connectivity index (χ2v) is 4.45. The number of methoxy groups -OCH3 is 1. The fourth-order valence-electron chi connectivity index (χ4n) is 1.95. The van der Waals surface area contributed by atoms with Gasteiger partial charge in [-0.1, -0.05) is 6.92 Å². The van der Waals surface area contributed by atoms with E-state index in [9.17, 15) is 0 Å². The van der Waals surface area contributed by atoms with Crippen molar-refractivity contribution < 1.29 is 4.74 Å². The van der Waals surface area contributed by atoms with Crippen LogP contribution >= 0.6 is 0 Å². The molecule has 4 heteroatoms. The molecular formula is C13H23N3O. The molecule has 0 fully saturated rings. The van der Waals surface area contributed by atoms with Gasteiger partial charge in [0.05, 0.1) is 12.3 Å². The average Bonchev–Trinajstić information content (AvgIpc) is 2.26. The van der Waals surface area contributed by atoms with Gasteiger partial charge in [0, 0.05) is 18.8 Å². The minimum Gasteiger partial charge on any atom is -0.378 e. The predicted octanol–water partition coefficient (Wildman–Crippen LogP) is 1.77. The van der Waals surface area contributed by atoms with Crippen LogP contribution in [0.5, 0.6) is 0 Å². The average molecular weight is 237 g/mol. The topological polar surface area (TPSA) is 61.0 Å². The maximum Gasteiger partial charge on any atom is 0.125 e. The molecule has 4 nitrogen and oxygen atoms in total. The number of aromatic nitrogens is 2. The highest BCUT2D eigenvalue weighted by atomic mass is 16.5. The molecule has 1 unspecified atom stereocenters. The minimum absolute atomic E-state index is 0.209. The lowest BCUT2D eigenvalue weighted by Gasteiger charge is -2.13. The summed E-state index contributed by atoms with van der Waals surface area (Å²) in [5.41, 5.74) is 9.16. The minimum atomic E-state index is 0.209. The summed E-state index contributed by atoms with van der Waals surface area (Å²) in [7, 11) is 1.69. The van der Waals surface area contributed by atoms with E-state index in [0.29, 0.717) is 6.61 Å². The Bertz CT molecular complexity index is 364. The third-order valence-corrected chi connectivity index (χ3v) is 2.76. The Labute approximate surface area is 104 Å². The van der Waals surface area contributed by atoms with E-state index in [4.69, 9.17) is 10.5 Å². The zero-order valence-corrected chi connectivity index (χ0v) is 11.3. The molecule has 0 spiro atoms. The van der Waals surface area contributed by atoms with Gasteiger partial charge in [-0.25, -0.2) is 9.97 Å². The van der Waals surface area contributed by atoms with E-state index in [2.05, 4.69) is 16.9 Å². The molecule has 2 N–H and O–H groups in total. The Morgan fingerprint density at radius 1 is 1.29 bits per heavy atom. The summed E-state index contributed by atoms with van der Waals surface area (Å²) < 4.78 is 5.19. The van der Waals surface area contributed by atoms with Gasteiger partial charge in [0.2, 0.25) is 0 Å². The first-order valence-electron chi connectivity index (χ1n) is 6.18. The standard InChI is InChI=1S/C13H23N3O/c1-5-11-12(7-6-9(2)14)15-10(3)16-13(11)8-17-4/h9H,5-8,14H2,1-4H3. The van der Waals surface area contributed by atoms with Gasteiger partial charge in [0.25, 0.3) is 0 Å². The first kappa shape index (κ1) is 14.1. The molecule has 0 aromatic carbocycles. The van der Waals surface area contributed by atoms with E-state index in [1.165, 1.54) is 5.56 Å². The number of rotatable bonds is 6. The third-order valence-electron chi connectivity index (χ3n) is 2.76. The lowest BCUT2D eigenvalue weighted by molar-refractivity contribution is 0.180. The Balaban J connectivity index is 3.00. The zero-order valence-electron chi connectivity index (χ0n) is 11.3. The summed E-state index contributed by atoms with van der Waals surface area (Å²) in [4.78, 5) is 8.99. The van der Waals surface area contributed by atoms with E-state index >= 15 is 0 Å². The van der Waals surface area contributed by atoms with Gasteiger partial charge in [-0.15, -0.1) is 0 Å². The van der Waals surface area contributed by atoms with Gasteiger partial charge in [0.1, 0.15) is 5.82 Å². The molecule has 1 atom stereocenters. The maximum absolute atomic E-state index is 5.80. The van der Waals surface area contributed by atoms with Crippen molar-refractivity contribution in [3.05, 3.63) is 22.8 Å². The number of hydrogen-bond donors (Lipinski definition) is 1. The summed E-state index contributed by atoms with van der Waals surface area (Å²) in [6.45, 7) is 6.63. The van der Waals surface area contributed by atoms with Crippen molar-refractivity contribution in [1.82, 2.24) is 9.97 Å². The maximum atomic E-state index is 5.80. The van der Waals surface area contributed by atoms with Crippen molar-refractivity contribution >= 4 is 0 Å². The van der Waals surface area contributed by atoms with Crippen molar-refractivity contribution in [3.8, 4) is 0 Å². The van der Waals surface area contributed by atoms with Crippen LogP contribution in [0.2, 0.25) is 0 Å². The van der Waals surface area contributed by atoms with Crippen LogP contribution in [0.1, 0.15) is 43.0 Å². The quantitative estimate of drug-likeness (QED) is 0.819. The first-order chi connectivity index (χ1) is 8.08. The number of ether oxygens (including phenoxy) is 1. The lowest BCUT2D eigenvalue weighted by atomic mass is 10.0. The molecule has 17 heavy (non-hydrogen) atoms. The fraction of sp³-hybridized carbons (Fsp3) is 0.692. The number of nitrogens with two attached hydrogens (primary N) is 1. The largest absolute Gasteiger partial charge is 0.378 e. The van der Waals surface area contributed by atoms with Gasteiger partial charge >= 0.3 is 0 Å². The van der Waals surface area contributed by atoms with Crippen LogP contribution in [-0.2, 0) is 24.2 Å². The van der Waals surface area contributed by atoms with Crippen molar-refractivity contribution in [2.45, 2.75) is 52.7 Å². The Kier molecular flexibility index (Phi) is 5.51. The number of aryl methyl sites for hydroxylation is 2. The van der Waals surface area contributed by atoms with Crippen molar-refractivity contribution in [2.75, 3.05) is 7.11 Å². The van der Waals surface area contributed by atoms with Crippen LogP contribution in [0.25, 0.3) is 0 Å². The SMILES string of the molecule is CCc1c(CCC(C)N)nc(C)nc1COC. The van der Waals surface area contributed by atoms with Crippen molar-refractivity contribution in [1.29, 1.82) is 0 Å². The summed E-state index contributed by atoms with van der Waals surface area (Å²) in [6, 6.07) is 0.209. The molecular weight excluding hydrogens is 214 g/mol. The van der Waals surface area contributed by atoms with Crippen molar-refractivity contribution in [2.24, 2.45) is 5.73 Å². The Morgan fingerprint density at radius 2 is 1.94 bits per heavy atom. The summed E-state index contributed by atoms with van der Waals surface area (Å²) in [5, 5.41) is 0. The van der Waals surface area contributed by atoms with Crippen LogP contribution in [0.4, 0.5) is 0 Å².